The molecule has 2 rings (SSSR count). The summed E-state index contributed by atoms with van der Waals surface area (Å²) in [6, 6.07) is 6.22. The van der Waals surface area contributed by atoms with Crippen LogP contribution < -0.4 is 5.73 Å². The van der Waals surface area contributed by atoms with E-state index < -0.39 is 0 Å². The molecule has 1 aromatic rings. The van der Waals surface area contributed by atoms with Crippen LogP contribution in [0.15, 0.2) is 18.2 Å². The Hall–Kier alpha value is -0.530. The molecular formula is C13H18ClN. The monoisotopic (exact) mass is 223 g/mol. The average Bonchev–Trinajstić information content (AvgIpc) is 2.15. The fraction of sp³-hybridized carbons (Fsp3) is 0.538. The van der Waals surface area contributed by atoms with Crippen molar-refractivity contribution in [2.24, 2.45) is 5.73 Å². The van der Waals surface area contributed by atoms with Crippen molar-refractivity contribution in [2.45, 2.75) is 44.6 Å². The fourth-order valence-corrected chi connectivity index (χ4v) is 2.75. The van der Waals surface area contributed by atoms with Gasteiger partial charge in [-0.1, -0.05) is 17.7 Å². The van der Waals surface area contributed by atoms with Gasteiger partial charge < -0.3 is 5.73 Å². The van der Waals surface area contributed by atoms with Crippen LogP contribution >= 0.6 is 11.6 Å². The molecule has 82 valence electrons. The zero-order valence-corrected chi connectivity index (χ0v) is 10.1. The molecule has 0 spiro atoms. The molecule has 1 aromatic carbocycles. The third-order valence-corrected chi connectivity index (χ3v) is 3.55. The summed E-state index contributed by atoms with van der Waals surface area (Å²) in [6.07, 6.45) is 3.55. The Morgan fingerprint density at radius 3 is 2.80 bits per heavy atom. The second-order valence-electron chi connectivity index (χ2n) is 5.11. The Labute approximate surface area is 96.6 Å². The highest BCUT2D eigenvalue weighted by Crippen LogP contribution is 2.38. The molecule has 2 heteroatoms. The molecule has 0 saturated carbocycles. The highest BCUT2D eigenvalue weighted by atomic mass is 35.5. The molecule has 0 bridgehead atoms. The van der Waals surface area contributed by atoms with Crippen LogP contribution in [0.3, 0.4) is 0 Å². The van der Waals surface area contributed by atoms with Gasteiger partial charge in [0.1, 0.15) is 0 Å². The minimum Gasteiger partial charge on any atom is -0.325 e. The highest BCUT2D eigenvalue weighted by Gasteiger charge is 2.30. The maximum atomic E-state index is 6.23. The minimum atomic E-state index is -0.136. The van der Waals surface area contributed by atoms with Crippen molar-refractivity contribution in [2.75, 3.05) is 0 Å². The zero-order valence-electron chi connectivity index (χ0n) is 9.39. The van der Waals surface area contributed by atoms with E-state index in [1.165, 1.54) is 24.0 Å². The lowest BCUT2D eigenvalue weighted by atomic mass is 9.73. The van der Waals surface area contributed by atoms with Crippen LogP contribution in [0.4, 0.5) is 0 Å². The molecule has 1 aliphatic rings. The van der Waals surface area contributed by atoms with Gasteiger partial charge in [-0.05, 0) is 56.4 Å². The molecule has 0 radical (unpaired) electrons. The predicted octanol–water partition coefficient (Wildman–Crippen LogP) is 3.50. The molecule has 2 N–H and O–H groups in total. The van der Waals surface area contributed by atoms with Gasteiger partial charge in [0.15, 0.2) is 0 Å². The summed E-state index contributed by atoms with van der Waals surface area (Å²) in [6.45, 7) is 4.22. The quantitative estimate of drug-likeness (QED) is 0.775. The molecule has 0 aliphatic heterocycles. The molecule has 1 aliphatic carbocycles. The van der Waals surface area contributed by atoms with Gasteiger partial charge >= 0.3 is 0 Å². The molecule has 0 amide bonds. The van der Waals surface area contributed by atoms with Crippen molar-refractivity contribution in [1.29, 1.82) is 0 Å². The lowest BCUT2D eigenvalue weighted by Crippen LogP contribution is -2.40. The number of hydrogen-bond acceptors (Lipinski definition) is 1. The number of benzene rings is 1. The van der Waals surface area contributed by atoms with Gasteiger partial charge in [-0.25, -0.2) is 0 Å². The normalized spacial score (nSPS) is 21.2. The maximum absolute atomic E-state index is 6.23. The van der Waals surface area contributed by atoms with Gasteiger partial charge in [0.2, 0.25) is 0 Å². The van der Waals surface area contributed by atoms with Gasteiger partial charge in [-0.15, -0.1) is 0 Å². The Morgan fingerprint density at radius 2 is 2.13 bits per heavy atom. The molecule has 0 fully saturated rings. The summed E-state index contributed by atoms with van der Waals surface area (Å²) < 4.78 is 0. The standard InChI is InChI=1S/C13H18ClN/c1-13(2,15)12-5-3-4-9-8-10(14)6-7-11(9)12/h6-8,12H,3-5,15H2,1-2H3. The number of nitrogens with two attached hydrogens (primary N) is 1. The Morgan fingerprint density at radius 1 is 1.40 bits per heavy atom. The van der Waals surface area contributed by atoms with E-state index in [0.717, 1.165) is 11.4 Å². The number of fused-ring (bicyclic) bond motifs is 1. The maximum Gasteiger partial charge on any atom is 0.0408 e. The smallest absolute Gasteiger partial charge is 0.0408 e. The zero-order chi connectivity index (χ0) is 11.1. The second kappa shape index (κ2) is 3.80. The first-order valence-electron chi connectivity index (χ1n) is 5.55. The van der Waals surface area contributed by atoms with Crippen LogP contribution in [0.5, 0.6) is 0 Å². The van der Waals surface area contributed by atoms with E-state index >= 15 is 0 Å². The van der Waals surface area contributed by atoms with Crippen LogP contribution in [-0.4, -0.2) is 5.54 Å². The summed E-state index contributed by atoms with van der Waals surface area (Å²) in [7, 11) is 0. The Balaban J connectivity index is 2.43. The molecule has 1 nitrogen and oxygen atoms in total. The van der Waals surface area contributed by atoms with Crippen LogP contribution in [0.25, 0.3) is 0 Å². The third-order valence-electron chi connectivity index (χ3n) is 3.32. The molecule has 15 heavy (non-hydrogen) atoms. The number of aryl methyl sites for hydroxylation is 1. The largest absolute Gasteiger partial charge is 0.325 e. The molecule has 0 aromatic heterocycles. The van der Waals surface area contributed by atoms with E-state index in [1.54, 1.807) is 0 Å². The van der Waals surface area contributed by atoms with Crippen molar-refractivity contribution < 1.29 is 0 Å². The van der Waals surface area contributed by atoms with E-state index in [-0.39, 0.29) is 5.54 Å². The molecule has 0 saturated heterocycles. The summed E-state index contributed by atoms with van der Waals surface area (Å²) >= 11 is 6.01. The van der Waals surface area contributed by atoms with E-state index in [2.05, 4.69) is 26.0 Å². The van der Waals surface area contributed by atoms with Gasteiger partial charge in [0.05, 0.1) is 0 Å². The minimum absolute atomic E-state index is 0.136. The summed E-state index contributed by atoms with van der Waals surface area (Å²) in [4.78, 5) is 0. The van der Waals surface area contributed by atoms with Crippen molar-refractivity contribution in [3.63, 3.8) is 0 Å². The van der Waals surface area contributed by atoms with Gasteiger partial charge in [-0.2, -0.15) is 0 Å². The Kier molecular flexibility index (Phi) is 2.78. The SMILES string of the molecule is CC(C)(N)C1CCCc2cc(Cl)ccc21. The van der Waals surface area contributed by atoms with E-state index in [4.69, 9.17) is 17.3 Å². The lowest BCUT2D eigenvalue weighted by Gasteiger charge is -2.35. The molecule has 1 atom stereocenters. The lowest BCUT2D eigenvalue weighted by molar-refractivity contribution is 0.368. The van der Waals surface area contributed by atoms with Crippen molar-refractivity contribution in [3.05, 3.63) is 34.3 Å². The summed E-state index contributed by atoms with van der Waals surface area (Å²) in [5.74, 6) is 0.471. The van der Waals surface area contributed by atoms with Crippen molar-refractivity contribution in [1.82, 2.24) is 0 Å². The fourth-order valence-electron chi connectivity index (χ4n) is 2.56. The second-order valence-corrected chi connectivity index (χ2v) is 5.55. The molecule has 0 heterocycles. The average molecular weight is 224 g/mol. The predicted molar refractivity (Wildman–Crippen MR) is 65.4 cm³/mol. The van der Waals surface area contributed by atoms with Crippen molar-refractivity contribution in [3.8, 4) is 0 Å². The highest BCUT2D eigenvalue weighted by molar-refractivity contribution is 6.30. The van der Waals surface area contributed by atoms with Crippen LogP contribution in [0, 0.1) is 0 Å². The van der Waals surface area contributed by atoms with Gasteiger partial charge in [-0.3, -0.25) is 0 Å². The van der Waals surface area contributed by atoms with Gasteiger partial charge in [0, 0.05) is 16.5 Å². The summed E-state index contributed by atoms with van der Waals surface area (Å²) in [5, 5.41) is 0.837. The van der Waals surface area contributed by atoms with Crippen LogP contribution in [0.1, 0.15) is 43.7 Å². The number of hydrogen-bond donors (Lipinski definition) is 1. The molecule has 1 unspecified atom stereocenters. The first-order chi connectivity index (χ1) is 6.98. The topological polar surface area (TPSA) is 26.0 Å². The summed E-state index contributed by atoms with van der Waals surface area (Å²) in [5.41, 5.74) is 8.88. The van der Waals surface area contributed by atoms with E-state index in [9.17, 15) is 0 Å². The first-order valence-corrected chi connectivity index (χ1v) is 5.93. The van der Waals surface area contributed by atoms with Crippen LogP contribution in [0.2, 0.25) is 5.02 Å². The third kappa shape index (κ3) is 2.19. The molecular weight excluding hydrogens is 206 g/mol. The van der Waals surface area contributed by atoms with E-state index in [1.807, 2.05) is 6.07 Å². The van der Waals surface area contributed by atoms with Crippen LogP contribution in [-0.2, 0) is 6.42 Å². The van der Waals surface area contributed by atoms with Crippen molar-refractivity contribution >= 4 is 11.6 Å². The number of rotatable bonds is 1. The first kappa shape index (κ1) is 11.0. The van der Waals surface area contributed by atoms with Gasteiger partial charge in [0.25, 0.3) is 0 Å². The van der Waals surface area contributed by atoms with E-state index in [0.29, 0.717) is 5.92 Å². The Bertz CT molecular complexity index is 365. The number of halogens is 1.